The van der Waals surface area contributed by atoms with Crippen molar-refractivity contribution in [1.29, 1.82) is 0 Å². The van der Waals surface area contributed by atoms with Gasteiger partial charge in [0.05, 0.1) is 35.1 Å². The second-order valence-corrected chi connectivity index (χ2v) is 7.61. The predicted octanol–water partition coefficient (Wildman–Crippen LogP) is 3.90. The van der Waals surface area contributed by atoms with Crippen LogP contribution in [0, 0.1) is 5.92 Å². The van der Waals surface area contributed by atoms with E-state index in [-0.39, 0.29) is 30.4 Å². The molecule has 1 aliphatic rings. The van der Waals surface area contributed by atoms with Crippen molar-refractivity contribution in [3.05, 3.63) is 29.6 Å². The number of alkyl halides is 3. The topological polar surface area (TPSA) is 89.5 Å². The van der Waals surface area contributed by atoms with Gasteiger partial charge in [0, 0.05) is 6.54 Å². The number of halogens is 3. The van der Waals surface area contributed by atoms with Crippen molar-refractivity contribution in [1.82, 2.24) is 19.9 Å². The maximum Gasteiger partial charge on any atom is 0.416 e. The molecule has 2 heterocycles. The molecule has 3 rings (SSSR count). The highest BCUT2D eigenvalue weighted by Gasteiger charge is 2.36. The van der Waals surface area contributed by atoms with E-state index in [1.165, 1.54) is 6.07 Å². The Bertz CT molecular complexity index is 899. The summed E-state index contributed by atoms with van der Waals surface area (Å²) < 4.78 is 38.9. The number of hydrogen-bond donors (Lipinski definition) is 2. The molecule has 7 nitrogen and oxygen atoms in total. The van der Waals surface area contributed by atoms with E-state index in [4.69, 9.17) is 0 Å². The molecule has 2 aromatic rings. The van der Waals surface area contributed by atoms with Gasteiger partial charge in [-0.25, -0.2) is 10.0 Å². The first-order valence-electron chi connectivity index (χ1n) is 10.0. The average Bonchev–Trinajstić information content (AvgIpc) is 3.35. The maximum atomic E-state index is 13.2. The van der Waals surface area contributed by atoms with Gasteiger partial charge >= 0.3 is 6.18 Å². The number of rotatable bonds is 8. The molecule has 0 aliphatic carbocycles. The maximum absolute atomic E-state index is 13.2. The summed E-state index contributed by atoms with van der Waals surface area (Å²) in [6.07, 6.45) is -0.655. The number of hydroxylamine groups is 2. The smallest absolute Gasteiger partial charge is 0.340 e. The van der Waals surface area contributed by atoms with E-state index in [2.05, 4.69) is 9.97 Å². The van der Waals surface area contributed by atoms with Crippen LogP contribution in [0.3, 0.4) is 0 Å². The number of carbonyl (C=O) groups is 2. The Labute approximate surface area is 171 Å². The third-order valence-corrected chi connectivity index (χ3v) is 5.46. The van der Waals surface area contributed by atoms with Gasteiger partial charge in [0.15, 0.2) is 0 Å². The summed E-state index contributed by atoms with van der Waals surface area (Å²) in [7, 11) is 0. The van der Waals surface area contributed by atoms with Crippen LogP contribution in [-0.2, 0) is 15.8 Å². The molecule has 1 aromatic heterocycles. The Morgan fingerprint density at radius 1 is 1.47 bits per heavy atom. The Morgan fingerprint density at radius 2 is 2.23 bits per heavy atom. The minimum Gasteiger partial charge on any atom is -0.340 e. The Kier molecular flexibility index (Phi) is 6.64. The van der Waals surface area contributed by atoms with Crippen molar-refractivity contribution in [2.75, 3.05) is 13.1 Å². The summed E-state index contributed by atoms with van der Waals surface area (Å²) in [5, 5.41) is 10.0. The highest BCUT2D eigenvalue weighted by atomic mass is 19.4. The van der Waals surface area contributed by atoms with Gasteiger partial charge in [-0.3, -0.25) is 14.8 Å². The normalized spacial score (nSPS) is 18.0. The van der Waals surface area contributed by atoms with Crippen LogP contribution in [0.5, 0.6) is 0 Å². The number of H-pyrrole nitrogens is 1. The lowest BCUT2D eigenvalue weighted by molar-refractivity contribution is -0.157. The highest BCUT2D eigenvalue weighted by Crippen LogP contribution is 2.35. The number of carbonyl (C=O) groups excluding carboxylic acids is 2. The lowest BCUT2D eigenvalue weighted by atomic mass is 9.99. The van der Waals surface area contributed by atoms with Gasteiger partial charge in [0.25, 0.3) is 0 Å². The largest absolute Gasteiger partial charge is 0.416 e. The van der Waals surface area contributed by atoms with E-state index in [1.807, 2.05) is 6.92 Å². The average molecular weight is 426 g/mol. The molecule has 0 saturated carbocycles. The summed E-state index contributed by atoms with van der Waals surface area (Å²) in [5.41, 5.74) is -0.101. The molecule has 0 radical (unpaired) electrons. The number of hydrogen-bond acceptors (Lipinski definition) is 4. The molecule has 1 fully saturated rings. The van der Waals surface area contributed by atoms with E-state index in [1.54, 1.807) is 4.90 Å². The molecule has 1 aliphatic heterocycles. The first kappa shape index (κ1) is 22.1. The van der Waals surface area contributed by atoms with Gasteiger partial charge in [-0.15, -0.1) is 0 Å². The lowest BCUT2D eigenvalue weighted by Crippen LogP contribution is -2.40. The molecule has 2 amide bonds. The van der Waals surface area contributed by atoms with Gasteiger partial charge in [0.1, 0.15) is 5.82 Å². The summed E-state index contributed by atoms with van der Waals surface area (Å²) in [5.74, 6) is -0.300. The molecule has 2 N–H and O–H groups in total. The SMILES string of the molecule is CCCCC(CN(O)C=O)C(=O)N1CCCC1c1nc2cc(C(F)(F)F)ccc2[nH]1. The van der Waals surface area contributed by atoms with E-state index in [9.17, 15) is 28.0 Å². The number of nitrogens with one attached hydrogen (secondary N) is 1. The molecular formula is C20H25F3N4O3. The molecular weight excluding hydrogens is 401 g/mol. The number of fused-ring (bicyclic) bond motifs is 1. The first-order chi connectivity index (χ1) is 14.2. The number of aromatic amines is 1. The fraction of sp³-hybridized carbons (Fsp3) is 0.550. The molecule has 0 spiro atoms. The zero-order valence-electron chi connectivity index (χ0n) is 16.7. The molecule has 2 atom stereocenters. The highest BCUT2D eigenvalue weighted by molar-refractivity contribution is 5.80. The summed E-state index contributed by atoms with van der Waals surface area (Å²) in [6.45, 7) is 2.38. The second kappa shape index (κ2) is 9.03. The zero-order valence-corrected chi connectivity index (χ0v) is 16.7. The molecule has 0 bridgehead atoms. The monoisotopic (exact) mass is 426 g/mol. The van der Waals surface area contributed by atoms with Gasteiger partial charge in [-0.1, -0.05) is 19.8 Å². The van der Waals surface area contributed by atoms with E-state index < -0.39 is 17.7 Å². The second-order valence-electron chi connectivity index (χ2n) is 7.61. The molecule has 1 aromatic carbocycles. The fourth-order valence-electron chi connectivity index (χ4n) is 3.92. The molecule has 164 valence electrons. The predicted molar refractivity (Wildman–Crippen MR) is 102 cm³/mol. The van der Waals surface area contributed by atoms with Crippen LogP contribution in [0.2, 0.25) is 0 Å². The number of benzene rings is 1. The Balaban J connectivity index is 1.84. The van der Waals surface area contributed by atoms with Crippen LogP contribution in [0.1, 0.15) is 56.5 Å². The third-order valence-electron chi connectivity index (χ3n) is 5.46. The summed E-state index contributed by atoms with van der Waals surface area (Å²) >= 11 is 0. The molecule has 30 heavy (non-hydrogen) atoms. The van der Waals surface area contributed by atoms with Crippen molar-refractivity contribution in [3.8, 4) is 0 Å². The number of likely N-dealkylation sites (tertiary alicyclic amines) is 1. The zero-order chi connectivity index (χ0) is 21.9. The van der Waals surface area contributed by atoms with Crippen molar-refractivity contribution >= 4 is 23.4 Å². The lowest BCUT2D eigenvalue weighted by Gasteiger charge is -2.29. The number of unbranched alkanes of at least 4 members (excludes halogenated alkanes) is 1. The fourth-order valence-corrected chi connectivity index (χ4v) is 3.92. The third kappa shape index (κ3) is 4.75. The number of amides is 2. The van der Waals surface area contributed by atoms with Crippen LogP contribution in [-0.4, -0.2) is 50.5 Å². The van der Waals surface area contributed by atoms with Crippen LogP contribution >= 0.6 is 0 Å². The van der Waals surface area contributed by atoms with Crippen molar-refractivity contribution in [2.24, 2.45) is 5.92 Å². The number of aromatic nitrogens is 2. The summed E-state index contributed by atoms with van der Waals surface area (Å²) in [4.78, 5) is 33.0. The minimum atomic E-state index is -4.45. The molecule has 2 unspecified atom stereocenters. The van der Waals surface area contributed by atoms with Crippen molar-refractivity contribution in [2.45, 2.75) is 51.2 Å². The van der Waals surface area contributed by atoms with Gasteiger partial charge in [-0.05, 0) is 37.5 Å². The standard InChI is InChI=1S/C20H25F3N4O3/c1-2-3-5-13(11-26(30)12-28)19(29)27-9-4-6-17(27)18-24-15-8-7-14(20(21,22)23)10-16(15)25-18/h7-8,10,12-13,17,30H,2-6,9,11H2,1H3,(H,24,25). The van der Waals surface area contributed by atoms with E-state index in [0.29, 0.717) is 35.8 Å². The molecule has 10 heteroatoms. The minimum absolute atomic E-state index is 0.0966. The van der Waals surface area contributed by atoms with Gasteiger partial charge in [-0.2, -0.15) is 13.2 Å². The summed E-state index contributed by atoms with van der Waals surface area (Å²) in [6, 6.07) is 2.95. The van der Waals surface area contributed by atoms with Crippen molar-refractivity contribution < 1.29 is 28.0 Å². The number of imidazole rings is 1. The van der Waals surface area contributed by atoms with Crippen LogP contribution in [0.15, 0.2) is 18.2 Å². The van der Waals surface area contributed by atoms with Crippen LogP contribution in [0.4, 0.5) is 13.2 Å². The quantitative estimate of drug-likeness (QED) is 0.381. The molecule has 1 saturated heterocycles. The van der Waals surface area contributed by atoms with Crippen LogP contribution < -0.4 is 0 Å². The van der Waals surface area contributed by atoms with E-state index in [0.717, 1.165) is 31.4 Å². The Morgan fingerprint density at radius 3 is 2.90 bits per heavy atom. The Hall–Kier alpha value is -2.62. The number of nitrogens with zero attached hydrogens (tertiary/aromatic N) is 3. The van der Waals surface area contributed by atoms with E-state index >= 15 is 0 Å². The first-order valence-corrected chi connectivity index (χ1v) is 10.0. The van der Waals surface area contributed by atoms with Gasteiger partial charge in [0.2, 0.25) is 12.3 Å². The van der Waals surface area contributed by atoms with Gasteiger partial charge < -0.3 is 9.88 Å². The van der Waals surface area contributed by atoms with Crippen LogP contribution in [0.25, 0.3) is 11.0 Å². The van der Waals surface area contributed by atoms with Crippen molar-refractivity contribution in [3.63, 3.8) is 0 Å².